The lowest BCUT2D eigenvalue weighted by Crippen LogP contribution is -2.03. The molecule has 0 bridgehead atoms. The summed E-state index contributed by atoms with van der Waals surface area (Å²) in [5, 5.41) is -0.430. The summed E-state index contributed by atoms with van der Waals surface area (Å²) in [7, 11) is 1.32. The van der Waals surface area contributed by atoms with E-state index in [0.717, 1.165) is 12.1 Å². The minimum absolute atomic E-state index is 0.0739. The Morgan fingerprint density at radius 3 is 2.20 bits per heavy atom. The number of rotatable bonds is 3. The quantitative estimate of drug-likeness (QED) is 0.662. The van der Waals surface area contributed by atoms with Gasteiger partial charge in [-0.2, -0.15) is 0 Å². The zero-order chi connectivity index (χ0) is 14.9. The van der Waals surface area contributed by atoms with Crippen molar-refractivity contribution >= 4 is 34.8 Å². The molecule has 2 aromatic carbocycles. The van der Waals surface area contributed by atoms with E-state index in [4.69, 9.17) is 39.5 Å². The van der Waals surface area contributed by atoms with Crippen LogP contribution in [0.5, 0.6) is 5.75 Å². The van der Waals surface area contributed by atoms with Crippen LogP contribution < -0.4 is 4.74 Å². The minimum Gasteiger partial charge on any atom is -0.497 e. The third-order valence-electron chi connectivity index (χ3n) is 2.77. The predicted octanol–water partition coefficient (Wildman–Crippen LogP) is 5.61. The van der Waals surface area contributed by atoms with Gasteiger partial charge in [-0.1, -0.05) is 23.2 Å². The van der Waals surface area contributed by atoms with E-state index in [-0.39, 0.29) is 16.3 Å². The highest BCUT2D eigenvalue weighted by Crippen LogP contribution is 2.38. The van der Waals surface area contributed by atoms with Crippen molar-refractivity contribution in [1.29, 1.82) is 0 Å². The molecule has 20 heavy (non-hydrogen) atoms. The smallest absolute Gasteiger partial charge is 0.134 e. The molecule has 0 aliphatic rings. The molecule has 0 heterocycles. The molecule has 0 saturated heterocycles. The van der Waals surface area contributed by atoms with Crippen LogP contribution in [0.1, 0.15) is 16.5 Å². The predicted molar refractivity (Wildman–Crippen MR) is 77.1 cm³/mol. The van der Waals surface area contributed by atoms with Crippen LogP contribution in [-0.4, -0.2) is 7.11 Å². The van der Waals surface area contributed by atoms with Gasteiger partial charge in [-0.15, -0.1) is 11.6 Å². The fraction of sp³-hybridized carbons (Fsp3) is 0.143. The van der Waals surface area contributed by atoms with E-state index >= 15 is 0 Å². The zero-order valence-electron chi connectivity index (χ0n) is 10.3. The second kappa shape index (κ2) is 6.17. The van der Waals surface area contributed by atoms with E-state index in [1.165, 1.54) is 19.2 Å². The van der Waals surface area contributed by atoms with Crippen LogP contribution in [0, 0.1) is 11.6 Å². The Bertz CT molecular complexity index is 623. The Kier molecular flexibility index (Phi) is 4.74. The first-order chi connectivity index (χ1) is 9.43. The van der Waals surface area contributed by atoms with E-state index in [1.54, 1.807) is 6.07 Å². The molecule has 0 aromatic heterocycles. The molecule has 106 valence electrons. The van der Waals surface area contributed by atoms with E-state index in [2.05, 4.69) is 0 Å². The van der Waals surface area contributed by atoms with Gasteiger partial charge >= 0.3 is 0 Å². The fourth-order valence-electron chi connectivity index (χ4n) is 1.79. The average molecular weight is 338 g/mol. The lowest BCUT2D eigenvalue weighted by atomic mass is 10.0. The maximum atomic E-state index is 14.0. The molecule has 6 heteroatoms. The van der Waals surface area contributed by atoms with Crippen LogP contribution in [0.25, 0.3) is 0 Å². The van der Waals surface area contributed by atoms with Crippen molar-refractivity contribution in [3.63, 3.8) is 0 Å². The normalized spacial score (nSPS) is 12.3. The summed E-state index contributed by atoms with van der Waals surface area (Å²) in [6.07, 6.45) is 0. The van der Waals surface area contributed by atoms with E-state index in [9.17, 15) is 8.78 Å². The van der Waals surface area contributed by atoms with Gasteiger partial charge in [0.15, 0.2) is 0 Å². The lowest BCUT2D eigenvalue weighted by molar-refractivity contribution is 0.405. The second-order valence-corrected chi connectivity index (χ2v) is 5.31. The minimum atomic E-state index is -1.09. The molecule has 1 nitrogen and oxygen atoms in total. The molecule has 0 fully saturated rings. The Balaban J connectivity index is 2.53. The third-order valence-corrected chi connectivity index (χ3v) is 3.81. The largest absolute Gasteiger partial charge is 0.497 e. The summed E-state index contributed by atoms with van der Waals surface area (Å²) < 4.78 is 32.8. The van der Waals surface area contributed by atoms with Crippen molar-refractivity contribution in [3.8, 4) is 5.75 Å². The SMILES string of the molecule is COc1cc(F)c(C(Cl)c2cc(Cl)ccc2Cl)c(F)c1. The summed E-state index contributed by atoms with van der Waals surface area (Å²) in [6, 6.07) is 6.69. The van der Waals surface area contributed by atoms with E-state index in [1.807, 2.05) is 0 Å². The highest BCUT2D eigenvalue weighted by Gasteiger charge is 2.23. The molecule has 0 N–H and O–H groups in total. The molecule has 1 atom stereocenters. The van der Waals surface area contributed by atoms with Gasteiger partial charge in [-0.05, 0) is 23.8 Å². The maximum absolute atomic E-state index is 14.0. The monoisotopic (exact) mass is 336 g/mol. The molecule has 2 aromatic rings. The van der Waals surface area contributed by atoms with Crippen molar-refractivity contribution in [2.75, 3.05) is 7.11 Å². The summed E-state index contributed by atoms with van der Waals surface area (Å²) in [6.45, 7) is 0. The number of halogens is 5. The van der Waals surface area contributed by atoms with Gasteiger partial charge in [0.25, 0.3) is 0 Å². The van der Waals surface area contributed by atoms with Gasteiger partial charge in [0.2, 0.25) is 0 Å². The lowest BCUT2D eigenvalue weighted by Gasteiger charge is -2.15. The fourth-order valence-corrected chi connectivity index (χ4v) is 2.64. The molecule has 0 aliphatic carbocycles. The Hall–Kier alpha value is -1.03. The standard InChI is InChI=1S/C14H9Cl3F2O/c1-20-8-5-11(18)13(12(19)6-8)14(17)9-4-7(15)2-3-10(9)16/h2-6,14H,1H3. The van der Waals surface area contributed by atoms with Crippen LogP contribution in [0.3, 0.4) is 0 Å². The molecule has 0 saturated carbocycles. The number of alkyl halides is 1. The van der Waals surface area contributed by atoms with E-state index in [0.29, 0.717) is 10.6 Å². The number of methoxy groups -OCH3 is 1. The van der Waals surface area contributed by atoms with Crippen LogP contribution in [0.4, 0.5) is 8.78 Å². The number of hydrogen-bond donors (Lipinski definition) is 0. The second-order valence-electron chi connectivity index (χ2n) is 4.03. The molecule has 0 aliphatic heterocycles. The summed E-state index contributed by atoms with van der Waals surface area (Å²) in [4.78, 5) is 0. The molecule has 2 rings (SSSR count). The Morgan fingerprint density at radius 1 is 1.05 bits per heavy atom. The molecular formula is C14H9Cl3F2O. The highest BCUT2D eigenvalue weighted by atomic mass is 35.5. The first kappa shape index (κ1) is 15.4. The zero-order valence-corrected chi connectivity index (χ0v) is 12.5. The van der Waals surface area contributed by atoms with Gasteiger partial charge in [-0.25, -0.2) is 8.78 Å². The molecule has 0 spiro atoms. The molecule has 1 unspecified atom stereocenters. The van der Waals surface area contributed by atoms with Gasteiger partial charge in [0.05, 0.1) is 12.5 Å². The highest BCUT2D eigenvalue weighted by molar-refractivity contribution is 6.35. The summed E-state index contributed by atoms with van der Waals surface area (Å²) in [5.74, 6) is -1.54. The van der Waals surface area contributed by atoms with Crippen molar-refractivity contribution in [2.45, 2.75) is 5.38 Å². The van der Waals surface area contributed by atoms with Crippen molar-refractivity contribution < 1.29 is 13.5 Å². The number of hydrogen-bond acceptors (Lipinski definition) is 1. The van der Waals surface area contributed by atoms with Crippen LogP contribution >= 0.6 is 34.8 Å². The maximum Gasteiger partial charge on any atom is 0.134 e. The number of ether oxygens (including phenoxy) is 1. The van der Waals surface area contributed by atoms with Crippen molar-refractivity contribution in [1.82, 2.24) is 0 Å². The third kappa shape index (κ3) is 3.00. The van der Waals surface area contributed by atoms with Crippen LogP contribution in [0.15, 0.2) is 30.3 Å². The summed E-state index contributed by atoms with van der Waals surface area (Å²) >= 11 is 18.0. The van der Waals surface area contributed by atoms with Crippen LogP contribution in [-0.2, 0) is 0 Å². The Labute approximate surface area is 130 Å². The first-order valence-electron chi connectivity index (χ1n) is 5.56. The van der Waals surface area contributed by atoms with E-state index < -0.39 is 17.0 Å². The van der Waals surface area contributed by atoms with Gasteiger partial charge in [0, 0.05) is 27.7 Å². The number of benzene rings is 2. The van der Waals surface area contributed by atoms with Gasteiger partial charge < -0.3 is 4.74 Å². The first-order valence-corrected chi connectivity index (χ1v) is 6.75. The molecule has 0 radical (unpaired) electrons. The topological polar surface area (TPSA) is 9.23 Å². The molecule has 0 amide bonds. The molecular weight excluding hydrogens is 329 g/mol. The van der Waals surface area contributed by atoms with Crippen molar-refractivity contribution in [3.05, 3.63) is 63.1 Å². The van der Waals surface area contributed by atoms with Gasteiger partial charge in [-0.3, -0.25) is 0 Å². The average Bonchev–Trinajstić information content (AvgIpc) is 2.40. The van der Waals surface area contributed by atoms with Gasteiger partial charge in [0.1, 0.15) is 17.4 Å². The summed E-state index contributed by atoms with van der Waals surface area (Å²) in [5.41, 5.74) is 0.0421. The Morgan fingerprint density at radius 2 is 1.65 bits per heavy atom. The van der Waals surface area contributed by atoms with Crippen LogP contribution in [0.2, 0.25) is 10.0 Å². The van der Waals surface area contributed by atoms with Crippen molar-refractivity contribution in [2.24, 2.45) is 0 Å².